The summed E-state index contributed by atoms with van der Waals surface area (Å²) in [5, 5.41) is 3.89. The van der Waals surface area contributed by atoms with Gasteiger partial charge in [-0.25, -0.2) is 4.98 Å². The van der Waals surface area contributed by atoms with Crippen LogP contribution in [0.5, 0.6) is 5.75 Å². The van der Waals surface area contributed by atoms with E-state index >= 15 is 0 Å². The molecule has 0 fully saturated rings. The van der Waals surface area contributed by atoms with Gasteiger partial charge in [-0.3, -0.25) is 4.79 Å². The van der Waals surface area contributed by atoms with Crippen molar-refractivity contribution in [1.82, 2.24) is 14.6 Å². The highest BCUT2D eigenvalue weighted by molar-refractivity contribution is 7.14. The van der Waals surface area contributed by atoms with E-state index in [1.165, 1.54) is 21.9 Å². The van der Waals surface area contributed by atoms with E-state index in [9.17, 15) is 4.79 Å². The Balaban J connectivity index is 1.86. The SMILES string of the molecule is Nc1ccccc1OCc1cc(=O)n2ncsc2n1. The monoisotopic (exact) mass is 274 g/mol. The number of anilines is 1. The van der Waals surface area contributed by atoms with Crippen LogP contribution in [-0.4, -0.2) is 14.6 Å². The maximum absolute atomic E-state index is 11.7. The maximum Gasteiger partial charge on any atom is 0.275 e. The first kappa shape index (κ1) is 11.7. The number of ether oxygens (including phenoxy) is 1. The van der Waals surface area contributed by atoms with Gasteiger partial charge in [0.2, 0.25) is 4.96 Å². The number of para-hydroxylation sites is 2. The largest absolute Gasteiger partial charge is 0.485 e. The van der Waals surface area contributed by atoms with E-state index in [0.717, 1.165) is 0 Å². The van der Waals surface area contributed by atoms with Gasteiger partial charge in [0.1, 0.15) is 17.9 Å². The quantitative estimate of drug-likeness (QED) is 0.728. The first-order valence-electron chi connectivity index (χ1n) is 5.54. The van der Waals surface area contributed by atoms with E-state index in [1.807, 2.05) is 12.1 Å². The molecular weight excluding hydrogens is 264 g/mol. The smallest absolute Gasteiger partial charge is 0.275 e. The molecule has 0 aliphatic carbocycles. The van der Waals surface area contributed by atoms with E-state index in [1.54, 1.807) is 17.6 Å². The van der Waals surface area contributed by atoms with Crippen molar-refractivity contribution in [1.29, 1.82) is 0 Å². The van der Waals surface area contributed by atoms with Gasteiger partial charge in [-0.15, -0.1) is 0 Å². The van der Waals surface area contributed by atoms with Crippen molar-refractivity contribution in [2.75, 3.05) is 5.73 Å². The predicted octanol–water partition coefficient (Wildman–Crippen LogP) is 1.31. The Morgan fingerprint density at radius 2 is 2.21 bits per heavy atom. The van der Waals surface area contributed by atoms with Crippen LogP contribution in [0.2, 0.25) is 0 Å². The fourth-order valence-corrected chi connectivity index (χ4v) is 2.28. The summed E-state index contributed by atoms with van der Waals surface area (Å²) in [5.74, 6) is 0.578. The summed E-state index contributed by atoms with van der Waals surface area (Å²) in [6, 6.07) is 8.60. The Morgan fingerprint density at radius 1 is 1.37 bits per heavy atom. The minimum absolute atomic E-state index is 0.192. The average Bonchev–Trinajstić information content (AvgIpc) is 2.87. The molecule has 0 amide bonds. The van der Waals surface area contributed by atoms with E-state index in [0.29, 0.717) is 22.1 Å². The molecule has 0 bridgehead atoms. The van der Waals surface area contributed by atoms with Gasteiger partial charge < -0.3 is 10.5 Å². The molecule has 0 aliphatic rings. The summed E-state index contributed by atoms with van der Waals surface area (Å²) < 4.78 is 6.81. The molecule has 0 saturated carbocycles. The predicted molar refractivity (Wildman–Crippen MR) is 72.3 cm³/mol. The first-order valence-corrected chi connectivity index (χ1v) is 6.42. The minimum Gasteiger partial charge on any atom is -0.485 e. The zero-order chi connectivity index (χ0) is 13.2. The minimum atomic E-state index is -0.217. The van der Waals surface area contributed by atoms with Gasteiger partial charge in [0, 0.05) is 6.07 Å². The van der Waals surface area contributed by atoms with Gasteiger partial charge in [-0.1, -0.05) is 23.5 Å². The summed E-state index contributed by atoms with van der Waals surface area (Å²) in [4.78, 5) is 16.6. The van der Waals surface area contributed by atoms with Crippen molar-refractivity contribution < 1.29 is 4.74 Å². The molecule has 0 atom stereocenters. The topological polar surface area (TPSA) is 82.5 Å². The summed E-state index contributed by atoms with van der Waals surface area (Å²) in [5.41, 5.74) is 8.23. The number of hydrogen-bond donors (Lipinski definition) is 1. The molecule has 0 unspecified atom stereocenters. The summed E-state index contributed by atoms with van der Waals surface area (Å²) in [6.45, 7) is 0.192. The van der Waals surface area contributed by atoms with Crippen LogP contribution >= 0.6 is 11.3 Å². The van der Waals surface area contributed by atoms with Crippen molar-refractivity contribution in [3.05, 3.63) is 51.9 Å². The second kappa shape index (κ2) is 4.69. The van der Waals surface area contributed by atoms with Crippen LogP contribution in [0.25, 0.3) is 4.96 Å². The van der Waals surface area contributed by atoms with Crippen molar-refractivity contribution in [2.45, 2.75) is 6.61 Å². The average molecular weight is 274 g/mol. The highest BCUT2D eigenvalue weighted by Gasteiger charge is 2.06. The second-order valence-corrected chi connectivity index (χ2v) is 4.66. The standard InChI is InChI=1S/C12H10N4O2S/c13-9-3-1-2-4-10(9)18-6-8-5-11(17)16-12(15-8)19-7-14-16/h1-5,7H,6,13H2. The maximum atomic E-state index is 11.7. The fraction of sp³-hybridized carbons (Fsp3) is 0.0833. The van der Waals surface area contributed by atoms with Crippen molar-refractivity contribution in [2.24, 2.45) is 0 Å². The van der Waals surface area contributed by atoms with Crippen LogP contribution in [0.15, 0.2) is 40.6 Å². The molecule has 2 aromatic heterocycles. The summed E-state index contributed by atoms with van der Waals surface area (Å²) >= 11 is 1.30. The number of fused-ring (bicyclic) bond motifs is 1. The summed E-state index contributed by atoms with van der Waals surface area (Å²) in [6.07, 6.45) is 0. The van der Waals surface area contributed by atoms with E-state index in [4.69, 9.17) is 10.5 Å². The lowest BCUT2D eigenvalue weighted by atomic mass is 10.3. The van der Waals surface area contributed by atoms with Crippen LogP contribution in [0.3, 0.4) is 0 Å². The number of nitrogen functional groups attached to an aromatic ring is 1. The molecule has 0 spiro atoms. The Labute approximate surface area is 112 Å². The highest BCUT2D eigenvalue weighted by atomic mass is 32.1. The Hall–Kier alpha value is -2.41. The van der Waals surface area contributed by atoms with Crippen LogP contribution in [0.4, 0.5) is 5.69 Å². The highest BCUT2D eigenvalue weighted by Crippen LogP contribution is 2.20. The molecule has 3 aromatic rings. The molecule has 6 nitrogen and oxygen atoms in total. The Bertz CT molecular complexity index is 780. The van der Waals surface area contributed by atoms with E-state index < -0.39 is 0 Å². The van der Waals surface area contributed by atoms with Gasteiger partial charge in [0.15, 0.2) is 0 Å². The molecule has 0 aliphatic heterocycles. The number of aromatic nitrogens is 3. The Kier molecular flexibility index (Phi) is 2.88. The van der Waals surface area contributed by atoms with Gasteiger partial charge in [-0.05, 0) is 12.1 Å². The van der Waals surface area contributed by atoms with Gasteiger partial charge in [0.25, 0.3) is 5.56 Å². The molecule has 19 heavy (non-hydrogen) atoms. The molecule has 0 saturated heterocycles. The van der Waals surface area contributed by atoms with Crippen LogP contribution in [0.1, 0.15) is 5.69 Å². The zero-order valence-electron chi connectivity index (χ0n) is 9.81. The third kappa shape index (κ3) is 2.27. The third-order valence-corrected chi connectivity index (χ3v) is 3.21. The normalized spacial score (nSPS) is 10.7. The van der Waals surface area contributed by atoms with Gasteiger partial charge >= 0.3 is 0 Å². The van der Waals surface area contributed by atoms with Gasteiger partial charge in [-0.2, -0.15) is 9.61 Å². The molecule has 7 heteroatoms. The lowest BCUT2D eigenvalue weighted by Gasteiger charge is -2.07. The fourth-order valence-electron chi connectivity index (χ4n) is 1.64. The lowest BCUT2D eigenvalue weighted by molar-refractivity contribution is 0.303. The lowest BCUT2D eigenvalue weighted by Crippen LogP contribution is -2.16. The number of nitrogens with two attached hydrogens (primary N) is 1. The van der Waals surface area contributed by atoms with Crippen molar-refractivity contribution >= 4 is 22.0 Å². The van der Waals surface area contributed by atoms with E-state index in [-0.39, 0.29) is 12.2 Å². The number of rotatable bonds is 3. The molecule has 3 rings (SSSR count). The van der Waals surface area contributed by atoms with Crippen molar-refractivity contribution in [3.8, 4) is 5.75 Å². The molecule has 96 valence electrons. The third-order valence-electron chi connectivity index (χ3n) is 2.53. The molecule has 1 aromatic carbocycles. The van der Waals surface area contributed by atoms with Gasteiger partial charge in [0.05, 0.1) is 11.4 Å². The number of hydrogen-bond acceptors (Lipinski definition) is 6. The van der Waals surface area contributed by atoms with Crippen molar-refractivity contribution in [3.63, 3.8) is 0 Å². The second-order valence-electron chi connectivity index (χ2n) is 3.85. The Morgan fingerprint density at radius 3 is 3.05 bits per heavy atom. The molecule has 2 N–H and O–H groups in total. The summed E-state index contributed by atoms with van der Waals surface area (Å²) in [7, 11) is 0. The molecule has 2 heterocycles. The van der Waals surface area contributed by atoms with Crippen LogP contribution < -0.4 is 16.0 Å². The van der Waals surface area contributed by atoms with Crippen LogP contribution in [0, 0.1) is 0 Å². The number of nitrogens with zero attached hydrogens (tertiary/aromatic N) is 3. The molecule has 0 radical (unpaired) electrons. The van der Waals surface area contributed by atoms with E-state index in [2.05, 4.69) is 10.1 Å². The first-order chi connectivity index (χ1) is 9.24. The van der Waals surface area contributed by atoms with Crippen LogP contribution in [-0.2, 0) is 6.61 Å². The zero-order valence-corrected chi connectivity index (χ0v) is 10.6. The molecular formula is C12H10N4O2S. The number of benzene rings is 1.